The summed E-state index contributed by atoms with van der Waals surface area (Å²) < 4.78 is 1.74. The molecule has 2 rings (SSSR count). The van der Waals surface area contributed by atoms with Crippen molar-refractivity contribution in [1.82, 2.24) is 9.78 Å². The van der Waals surface area contributed by atoms with Gasteiger partial charge in [-0.3, -0.25) is 9.48 Å². The number of aliphatic hydroxyl groups excluding tert-OH is 1. The molecular weight excluding hydrogens is 262 g/mol. The van der Waals surface area contributed by atoms with E-state index in [4.69, 9.17) is 5.11 Å². The Bertz CT molecular complexity index is 634. The summed E-state index contributed by atoms with van der Waals surface area (Å²) >= 11 is 1.29. The van der Waals surface area contributed by atoms with E-state index in [-0.39, 0.29) is 12.5 Å². The van der Waals surface area contributed by atoms with Crippen LogP contribution in [0.3, 0.4) is 0 Å². The van der Waals surface area contributed by atoms with Gasteiger partial charge in [-0.2, -0.15) is 5.10 Å². The van der Waals surface area contributed by atoms with E-state index in [1.165, 1.54) is 11.3 Å². The summed E-state index contributed by atoms with van der Waals surface area (Å²) in [5, 5.41) is 15.5. The summed E-state index contributed by atoms with van der Waals surface area (Å²) in [5.74, 6) is 5.13. The zero-order valence-electron chi connectivity index (χ0n) is 10.4. The van der Waals surface area contributed by atoms with Crippen LogP contribution in [-0.2, 0) is 6.54 Å². The number of carbonyl (C=O) groups excluding carboxylic acids is 1. The monoisotopic (exact) mass is 275 g/mol. The fourth-order valence-corrected chi connectivity index (χ4v) is 2.22. The minimum atomic E-state index is -0.185. The number of rotatable bonds is 3. The number of hydrogen-bond acceptors (Lipinski definition) is 4. The maximum Gasteiger partial charge on any atom is 0.265 e. The Morgan fingerprint density at radius 1 is 1.58 bits per heavy atom. The molecule has 0 radical (unpaired) electrons. The van der Waals surface area contributed by atoms with E-state index in [1.54, 1.807) is 29.2 Å². The minimum absolute atomic E-state index is 0.183. The second kappa shape index (κ2) is 6.18. The number of anilines is 1. The average molecular weight is 275 g/mol. The summed E-state index contributed by atoms with van der Waals surface area (Å²) in [6.07, 6.45) is 3.39. The number of amides is 1. The third-order valence-electron chi connectivity index (χ3n) is 2.34. The van der Waals surface area contributed by atoms with Crippen LogP contribution in [0.25, 0.3) is 0 Å². The van der Waals surface area contributed by atoms with Gasteiger partial charge in [-0.1, -0.05) is 11.8 Å². The molecule has 98 valence electrons. The van der Waals surface area contributed by atoms with Crippen LogP contribution < -0.4 is 5.32 Å². The molecule has 0 aliphatic carbocycles. The standard InChI is InChI=1S/C13H13N3O2S/c1-2-16-9-10(8-14-16)15-13(18)12-6-5-11(19-12)4-3-7-17/h5-6,8-9,17H,2,7H2,1H3,(H,15,18). The highest BCUT2D eigenvalue weighted by molar-refractivity contribution is 7.14. The van der Waals surface area contributed by atoms with Gasteiger partial charge in [-0.05, 0) is 19.1 Å². The molecule has 0 bridgehead atoms. The van der Waals surface area contributed by atoms with Crippen LogP contribution in [0.15, 0.2) is 24.5 Å². The molecule has 2 N–H and O–H groups in total. The number of nitrogens with one attached hydrogen (secondary N) is 1. The number of aryl methyl sites for hydroxylation is 1. The number of aliphatic hydroxyl groups is 1. The van der Waals surface area contributed by atoms with Crippen molar-refractivity contribution in [3.8, 4) is 11.8 Å². The molecule has 0 aromatic carbocycles. The normalized spacial score (nSPS) is 9.79. The van der Waals surface area contributed by atoms with Crippen LogP contribution in [0, 0.1) is 11.8 Å². The van der Waals surface area contributed by atoms with Crippen molar-refractivity contribution < 1.29 is 9.90 Å². The Morgan fingerprint density at radius 3 is 3.11 bits per heavy atom. The minimum Gasteiger partial charge on any atom is -0.384 e. The molecular formula is C13H13N3O2S. The third-order valence-corrected chi connectivity index (χ3v) is 3.33. The van der Waals surface area contributed by atoms with Crippen molar-refractivity contribution in [2.24, 2.45) is 0 Å². The summed E-state index contributed by atoms with van der Waals surface area (Å²) in [6.45, 7) is 2.55. The first kappa shape index (κ1) is 13.3. The Labute approximate surface area is 114 Å². The van der Waals surface area contributed by atoms with Gasteiger partial charge in [0, 0.05) is 12.7 Å². The lowest BCUT2D eigenvalue weighted by Crippen LogP contribution is -2.09. The second-order valence-electron chi connectivity index (χ2n) is 3.66. The summed E-state index contributed by atoms with van der Waals surface area (Å²) in [4.78, 5) is 13.3. The first-order chi connectivity index (χ1) is 9.22. The van der Waals surface area contributed by atoms with Crippen molar-refractivity contribution in [3.05, 3.63) is 34.3 Å². The molecule has 0 spiro atoms. The van der Waals surface area contributed by atoms with Crippen molar-refractivity contribution in [3.63, 3.8) is 0 Å². The van der Waals surface area contributed by atoms with E-state index in [1.807, 2.05) is 6.92 Å². The van der Waals surface area contributed by atoms with E-state index in [0.29, 0.717) is 10.6 Å². The van der Waals surface area contributed by atoms with E-state index in [0.717, 1.165) is 11.4 Å². The largest absolute Gasteiger partial charge is 0.384 e. The van der Waals surface area contributed by atoms with Gasteiger partial charge in [0.05, 0.1) is 21.6 Å². The highest BCUT2D eigenvalue weighted by Crippen LogP contribution is 2.17. The maximum atomic E-state index is 12.0. The van der Waals surface area contributed by atoms with Crippen molar-refractivity contribution in [2.45, 2.75) is 13.5 Å². The molecule has 0 fully saturated rings. The summed E-state index contributed by atoms with van der Waals surface area (Å²) in [7, 11) is 0. The maximum absolute atomic E-state index is 12.0. The second-order valence-corrected chi connectivity index (χ2v) is 4.75. The fourth-order valence-electron chi connectivity index (χ4n) is 1.45. The van der Waals surface area contributed by atoms with Crippen LogP contribution in [0.2, 0.25) is 0 Å². The molecule has 2 aromatic heterocycles. The zero-order chi connectivity index (χ0) is 13.7. The molecule has 0 atom stereocenters. The van der Waals surface area contributed by atoms with Crippen molar-refractivity contribution in [2.75, 3.05) is 11.9 Å². The van der Waals surface area contributed by atoms with E-state index < -0.39 is 0 Å². The van der Waals surface area contributed by atoms with Gasteiger partial charge < -0.3 is 10.4 Å². The van der Waals surface area contributed by atoms with Gasteiger partial charge in [-0.25, -0.2) is 0 Å². The van der Waals surface area contributed by atoms with Gasteiger partial charge in [0.15, 0.2) is 0 Å². The Hall–Kier alpha value is -2.10. The topological polar surface area (TPSA) is 67.2 Å². The molecule has 0 saturated carbocycles. The molecule has 2 aromatic rings. The first-order valence-corrected chi connectivity index (χ1v) is 6.58. The Morgan fingerprint density at radius 2 is 2.42 bits per heavy atom. The van der Waals surface area contributed by atoms with Crippen LogP contribution in [-0.4, -0.2) is 27.4 Å². The number of thiophene rings is 1. The number of hydrogen-bond donors (Lipinski definition) is 2. The summed E-state index contributed by atoms with van der Waals surface area (Å²) in [5.41, 5.74) is 0.670. The third kappa shape index (κ3) is 3.44. The van der Waals surface area contributed by atoms with Gasteiger partial charge in [0.1, 0.15) is 6.61 Å². The number of carbonyl (C=O) groups is 1. The molecule has 5 nitrogen and oxygen atoms in total. The highest BCUT2D eigenvalue weighted by Gasteiger charge is 2.09. The van der Waals surface area contributed by atoms with Gasteiger partial charge in [0.2, 0.25) is 0 Å². The van der Waals surface area contributed by atoms with Gasteiger partial charge in [-0.15, -0.1) is 11.3 Å². The quantitative estimate of drug-likeness (QED) is 0.835. The molecule has 2 heterocycles. The van der Waals surface area contributed by atoms with Crippen molar-refractivity contribution in [1.29, 1.82) is 0 Å². The Kier molecular flexibility index (Phi) is 4.34. The molecule has 1 amide bonds. The molecule has 19 heavy (non-hydrogen) atoms. The molecule has 0 unspecified atom stereocenters. The van der Waals surface area contributed by atoms with E-state index in [2.05, 4.69) is 22.3 Å². The molecule has 6 heteroatoms. The first-order valence-electron chi connectivity index (χ1n) is 5.76. The van der Waals surface area contributed by atoms with Crippen LogP contribution >= 0.6 is 11.3 Å². The lowest BCUT2D eigenvalue weighted by Gasteiger charge is -1.98. The van der Waals surface area contributed by atoms with E-state index >= 15 is 0 Å². The predicted molar refractivity (Wildman–Crippen MR) is 74.1 cm³/mol. The average Bonchev–Trinajstić information content (AvgIpc) is 3.04. The van der Waals surface area contributed by atoms with Gasteiger partial charge >= 0.3 is 0 Å². The van der Waals surface area contributed by atoms with Crippen LogP contribution in [0.1, 0.15) is 21.5 Å². The predicted octanol–water partition coefficient (Wildman–Crippen LogP) is 1.56. The van der Waals surface area contributed by atoms with Gasteiger partial charge in [0.25, 0.3) is 5.91 Å². The molecule has 0 saturated heterocycles. The Balaban J connectivity index is 2.05. The lowest BCUT2D eigenvalue weighted by molar-refractivity contribution is 0.103. The summed E-state index contributed by atoms with van der Waals surface area (Å²) in [6, 6.07) is 3.48. The number of nitrogens with zero attached hydrogens (tertiary/aromatic N) is 2. The van der Waals surface area contributed by atoms with E-state index in [9.17, 15) is 4.79 Å². The van der Waals surface area contributed by atoms with Crippen LogP contribution in [0.5, 0.6) is 0 Å². The molecule has 0 aliphatic rings. The fraction of sp³-hybridized carbons (Fsp3) is 0.231. The lowest BCUT2D eigenvalue weighted by atomic mass is 10.4. The smallest absolute Gasteiger partial charge is 0.265 e. The molecule has 0 aliphatic heterocycles. The number of aromatic nitrogens is 2. The van der Waals surface area contributed by atoms with Crippen molar-refractivity contribution >= 4 is 22.9 Å². The highest BCUT2D eigenvalue weighted by atomic mass is 32.1. The zero-order valence-corrected chi connectivity index (χ0v) is 11.2. The SMILES string of the molecule is CCn1cc(NC(=O)c2ccc(C#CCO)s2)cn1. The van der Waals surface area contributed by atoms with Crippen LogP contribution in [0.4, 0.5) is 5.69 Å².